The van der Waals surface area contributed by atoms with Crippen molar-refractivity contribution in [3.05, 3.63) is 0 Å². The number of carboxylic acids is 1. The van der Waals surface area contributed by atoms with Gasteiger partial charge in [-0.05, 0) is 19.3 Å². The summed E-state index contributed by atoms with van der Waals surface area (Å²) in [5.74, 6) is -0.963. The number of nitrogens with one attached hydrogen (secondary N) is 2. The molecule has 0 saturated heterocycles. The van der Waals surface area contributed by atoms with Crippen molar-refractivity contribution in [1.82, 2.24) is 10.6 Å². The highest BCUT2D eigenvalue weighted by molar-refractivity contribution is 5.82. The second-order valence-electron chi connectivity index (χ2n) is 5.34. The van der Waals surface area contributed by atoms with Gasteiger partial charge in [0.1, 0.15) is 6.04 Å². The molecule has 1 rings (SSSR count). The molecule has 1 aliphatic carbocycles. The molecule has 0 aromatic carbocycles. The number of hydrogen-bond donors (Lipinski definition) is 3. The number of urea groups is 1. The van der Waals surface area contributed by atoms with E-state index >= 15 is 0 Å². The van der Waals surface area contributed by atoms with Gasteiger partial charge in [0.2, 0.25) is 0 Å². The summed E-state index contributed by atoms with van der Waals surface area (Å²) in [4.78, 5) is 22.8. The van der Waals surface area contributed by atoms with E-state index in [-0.39, 0.29) is 12.1 Å². The molecule has 110 valence electrons. The van der Waals surface area contributed by atoms with Crippen LogP contribution in [-0.4, -0.2) is 29.2 Å². The van der Waals surface area contributed by atoms with Gasteiger partial charge in [0.15, 0.2) is 0 Å². The molecule has 0 aliphatic heterocycles. The Bertz CT molecular complexity index is 286. The Hall–Kier alpha value is -1.26. The molecule has 0 aromatic rings. The molecule has 5 heteroatoms. The van der Waals surface area contributed by atoms with Crippen LogP contribution in [0.5, 0.6) is 0 Å². The van der Waals surface area contributed by atoms with Gasteiger partial charge >= 0.3 is 12.0 Å². The Balaban J connectivity index is 2.37. The Kier molecular flexibility index (Phi) is 7.30. The van der Waals surface area contributed by atoms with Crippen molar-refractivity contribution in [2.24, 2.45) is 0 Å². The van der Waals surface area contributed by atoms with Crippen molar-refractivity contribution in [2.75, 3.05) is 0 Å². The molecule has 1 atom stereocenters. The molecule has 19 heavy (non-hydrogen) atoms. The Morgan fingerprint density at radius 1 is 1.16 bits per heavy atom. The summed E-state index contributed by atoms with van der Waals surface area (Å²) < 4.78 is 0. The summed E-state index contributed by atoms with van der Waals surface area (Å²) >= 11 is 0. The van der Waals surface area contributed by atoms with Crippen molar-refractivity contribution in [3.63, 3.8) is 0 Å². The first-order valence-corrected chi connectivity index (χ1v) is 7.43. The van der Waals surface area contributed by atoms with Crippen molar-refractivity contribution in [2.45, 2.75) is 76.8 Å². The average molecular weight is 270 g/mol. The number of carboxylic acid groups (broad SMARTS) is 1. The van der Waals surface area contributed by atoms with Crippen molar-refractivity contribution in [1.29, 1.82) is 0 Å². The SMILES string of the molecule is CCCC(NC(=O)NC1CCCCCCC1)C(=O)O. The zero-order valence-electron chi connectivity index (χ0n) is 11.8. The van der Waals surface area contributed by atoms with E-state index in [1.54, 1.807) is 0 Å². The minimum atomic E-state index is -0.963. The van der Waals surface area contributed by atoms with E-state index in [2.05, 4.69) is 10.6 Å². The number of hydrogen-bond acceptors (Lipinski definition) is 2. The third kappa shape index (κ3) is 6.45. The fourth-order valence-corrected chi connectivity index (χ4v) is 2.53. The molecule has 5 nitrogen and oxygen atoms in total. The lowest BCUT2D eigenvalue weighted by Gasteiger charge is -2.22. The predicted octanol–water partition coefficient (Wildman–Crippen LogP) is 2.65. The summed E-state index contributed by atoms with van der Waals surface area (Å²) in [6, 6.07) is -0.929. The van der Waals surface area contributed by atoms with Crippen LogP contribution in [0.2, 0.25) is 0 Å². The van der Waals surface area contributed by atoms with Gasteiger partial charge < -0.3 is 15.7 Å². The Morgan fingerprint density at radius 3 is 2.26 bits per heavy atom. The molecule has 3 N–H and O–H groups in total. The van der Waals surface area contributed by atoms with Crippen LogP contribution in [0.1, 0.15) is 64.7 Å². The van der Waals surface area contributed by atoms with Crippen LogP contribution in [0.4, 0.5) is 4.79 Å². The highest BCUT2D eigenvalue weighted by atomic mass is 16.4. The lowest BCUT2D eigenvalue weighted by atomic mass is 9.97. The van der Waals surface area contributed by atoms with Crippen LogP contribution >= 0.6 is 0 Å². The predicted molar refractivity (Wildman–Crippen MR) is 74.1 cm³/mol. The van der Waals surface area contributed by atoms with Crippen molar-refractivity contribution < 1.29 is 14.7 Å². The van der Waals surface area contributed by atoms with Crippen LogP contribution in [-0.2, 0) is 4.79 Å². The quantitative estimate of drug-likeness (QED) is 0.718. The highest BCUT2D eigenvalue weighted by Crippen LogP contribution is 2.16. The largest absolute Gasteiger partial charge is 0.480 e. The fourth-order valence-electron chi connectivity index (χ4n) is 2.53. The Morgan fingerprint density at radius 2 is 1.74 bits per heavy atom. The molecule has 1 fully saturated rings. The summed E-state index contributed by atoms with van der Waals surface area (Å²) in [7, 11) is 0. The molecule has 0 aromatic heterocycles. The molecule has 0 radical (unpaired) electrons. The summed E-state index contributed by atoms with van der Waals surface area (Å²) in [6.07, 6.45) is 9.23. The van der Waals surface area contributed by atoms with E-state index in [0.717, 1.165) is 32.1 Å². The lowest BCUT2D eigenvalue weighted by molar-refractivity contribution is -0.139. The highest BCUT2D eigenvalue weighted by Gasteiger charge is 2.20. The maximum atomic E-state index is 11.8. The minimum Gasteiger partial charge on any atom is -0.480 e. The van der Waals surface area contributed by atoms with E-state index in [1.807, 2.05) is 6.92 Å². The van der Waals surface area contributed by atoms with Gasteiger partial charge in [-0.15, -0.1) is 0 Å². The lowest BCUT2D eigenvalue weighted by Crippen LogP contribution is -2.49. The third-order valence-corrected chi connectivity index (χ3v) is 3.62. The van der Waals surface area contributed by atoms with E-state index in [4.69, 9.17) is 5.11 Å². The molecular weight excluding hydrogens is 244 g/mol. The molecule has 1 aliphatic rings. The molecule has 0 spiro atoms. The number of rotatable bonds is 5. The minimum absolute atomic E-state index is 0.191. The molecule has 1 saturated carbocycles. The Labute approximate surface area is 115 Å². The first-order valence-electron chi connectivity index (χ1n) is 7.43. The third-order valence-electron chi connectivity index (χ3n) is 3.62. The second-order valence-corrected chi connectivity index (χ2v) is 5.34. The smallest absolute Gasteiger partial charge is 0.326 e. The second kappa shape index (κ2) is 8.77. The van der Waals surface area contributed by atoms with E-state index < -0.39 is 12.0 Å². The van der Waals surface area contributed by atoms with E-state index in [9.17, 15) is 9.59 Å². The molecule has 0 heterocycles. The number of carbonyl (C=O) groups excluding carboxylic acids is 1. The summed E-state index contributed by atoms with van der Waals surface area (Å²) in [5.41, 5.74) is 0. The first-order chi connectivity index (χ1) is 9.13. The maximum Gasteiger partial charge on any atom is 0.326 e. The van der Waals surface area contributed by atoms with Crippen LogP contribution in [0, 0.1) is 0 Å². The summed E-state index contributed by atoms with van der Waals surface area (Å²) in [6.45, 7) is 1.91. The first kappa shape index (κ1) is 15.8. The van der Waals surface area contributed by atoms with Gasteiger partial charge in [-0.3, -0.25) is 0 Å². The number of aliphatic carboxylic acids is 1. The number of amides is 2. The topological polar surface area (TPSA) is 78.4 Å². The molecular formula is C14H26N2O3. The van der Waals surface area contributed by atoms with E-state index in [1.165, 1.54) is 19.3 Å². The number of carbonyl (C=O) groups is 2. The molecule has 2 amide bonds. The van der Waals surface area contributed by atoms with Crippen LogP contribution in [0.25, 0.3) is 0 Å². The standard InChI is InChI=1S/C14H26N2O3/c1-2-8-12(13(17)18)16-14(19)15-11-9-6-4-3-5-7-10-11/h11-12H,2-10H2,1H3,(H,17,18)(H2,15,16,19). The van der Waals surface area contributed by atoms with Crippen LogP contribution in [0.15, 0.2) is 0 Å². The van der Waals surface area contributed by atoms with Gasteiger partial charge in [-0.2, -0.15) is 0 Å². The fraction of sp³-hybridized carbons (Fsp3) is 0.857. The van der Waals surface area contributed by atoms with Crippen LogP contribution in [0.3, 0.4) is 0 Å². The van der Waals surface area contributed by atoms with Crippen molar-refractivity contribution >= 4 is 12.0 Å². The van der Waals surface area contributed by atoms with Gasteiger partial charge in [0.05, 0.1) is 0 Å². The summed E-state index contributed by atoms with van der Waals surface area (Å²) in [5, 5.41) is 14.5. The molecule has 1 unspecified atom stereocenters. The average Bonchev–Trinajstić information content (AvgIpc) is 2.31. The monoisotopic (exact) mass is 270 g/mol. The van der Waals surface area contributed by atoms with Gasteiger partial charge in [-0.25, -0.2) is 9.59 Å². The van der Waals surface area contributed by atoms with Crippen molar-refractivity contribution in [3.8, 4) is 0 Å². The van der Waals surface area contributed by atoms with Gasteiger partial charge in [0.25, 0.3) is 0 Å². The van der Waals surface area contributed by atoms with E-state index in [0.29, 0.717) is 6.42 Å². The van der Waals surface area contributed by atoms with Gasteiger partial charge in [0, 0.05) is 6.04 Å². The maximum absolute atomic E-state index is 11.8. The zero-order chi connectivity index (χ0) is 14.1. The molecule has 0 bridgehead atoms. The zero-order valence-corrected chi connectivity index (χ0v) is 11.8. The normalized spacial score (nSPS) is 19.0. The van der Waals surface area contributed by atoms with Gasteiger partial charge in [-0.1, -0.05) is 45.4 Å². The van der Waals surface area contributed by atoms with Crippen LogP contribution < -0.4 is 10.6 Å².